The summed E-state index contributed by atoms with van der Waals surface area (Å²) < 4.78 is 0. The van der Waals surface area contributed by atoms with Crippen LogP contribution in [0.25, 0.3) is 0 Å². The van der Waals surface area contributed by atoms with Gasteiger partial charge >= 0.3 is 0 Å². The van der Waals surface area contributed by atoms with E-state index in [9.17, 15) is 0 Å². The Hall–Kier alpha value is 0.664. The molecule has 1 heteroatoms. The Morgan fingerprint density at radius 2 is 1.27 bits per heavy atom. The van der Waals surface area contributed by atoms with Gasteiger partial charge < -0.3 is 6.42 Å². The number of rotatable bonds is 3. The first kappa shape index (κ1) is 21.4. The van der Waals surface area contributed by atoms with E-state index in [1.807, 2.05) is 0 Å². The minimum atomic E-state index is 0. The van der Waals surface area contributed by atoms with Gasteiger partial charge in [0, 0.05) is 38.6 Å². The second-order valence-electron chi connectivity index (χ2n) is 10.1. The average Bonchev–Trinajstić information content (AvgIpc) is 3.46. The van der Waals surface area contributed by atoms with Crippen molar-refractivity contribution in [3.05, 3.63) is 6.42 Å². The molecule has 0 aromatic heterocycles. The summed E-state index contributed by atoms with van der Waals surface area (Å²) in [5.74, 6) is 13.9. The Bertz CT molecular complexity index is 458. The van der Waals surface area contributed by atoms with Gasteiger partial charge in [-0.25, -0.2) is 0 Å². The van der Waals surface area contributed by atoms with Crippen LogP contribution in [-0.4, -0.2) is 0 Å². The third-order valence-electron chi connectivity index (χ3n) is 7.96. The van der Waals surface area contributed by atoms with Crippen molar-refractivity contribution in [2.75, 3.05) is 0 Å². The van der Waals surface area contributed by atoms with E-state index in [4.69, 9.17) is 0 Å². The van der Waals surface area contributed by atoms with Crippen molar-refractivity contribution in [1.82, 2.24) is 0 Å². The molecule has 1 radical (unpaired) electrons. The standard InChI is InChI=1S/C25H39.Y/c1-19-2-4-20(5-3-19)6-7-21-10-14-24(15-11-21)25-16-12-23(13-17-25)18-22-8-9-22;/h4,19-25H,2-3,5,8-18H2,1H3;/q-1;. The van der Waals surface area contributed by atoms with Crippen LogP contribution >= 0.6 is 0 Å². The van der Waals surface area contributed by atoms with Crippen molar-refractivity contribution in [3.63, 3.8) is 0 Å². The minimum Gasteiger partial charge on any atom is -0.314 e. The second-order valence-corrected chi connectivity index (χ2v) is 10.1. The van der Waals surface area contributed by atoms with Crippen LogP contribution < -0.4 is 0 Å². The number of hydrogen-bond donors (Lipinski definition) is 0. The largest absolute Gasteiger partial charge is 0.314 e. The first-order chi connectivity index (χ1) is 12.3. The molecule has 0 spiro atoms. The summed E-state index contributed by atoms with van der Waals surface area (Å²) in [4.78, 5) is 0. The van der Waals surface area contributed by atoms with Crippen LogP contribution in [0.3, 0.4) is 0 Å². The summed E-state index contributed by atoms with van der Waals surface area (Å²) in [6, 6.07) is 0. The van der Waals surface area contributed by atoms with Crippen molar-refractivity contribution in [3.8, 4) is 11.8 Å². The summed E-state index contributed by atoms with van der Waals surface area (Å²) in [5.41, 5.74) is 0. The molecule has 0 saturated heterocycles. The molecule has 2 unspecified atom stereocenters. The van der Waals surface area contributed by atoms with Crippen molar-refractivity contribution in [2.45, 2.75) is 96.8 Å². The van der Waals surface area contributed by atoms with Gasteiger partial charge in [0.2, 0.25) is 0 Å². The predicted molar refractivity (Wildman–Crippen MR) is 107 cm³/mol. The van der Waals surface area contributed by atoms with Crippen LogP contribution in [0.2, 0.25) is 0 Å². The molecule has 2 atom stereocenters. The smallest absolute Gasteiger partial charge is 0.0202 e. The van der Waals surface area contributed by atoms with Crippen molar-refractivity contribution in [1.29, 1.82) is 0 Å². The molecule has 4 fully saturated rings. The van der Waals surface area contributed by atoms with Crippen molar-refractivity contribution < 1.29 is 32.7 Å². The second kappa shape index (κ2) is 10.4. The van der Waals surface area contributed by atoms with Gasteiger partial charge in [0.1, 0.15) is 0 Å². The zero-order valence-electron chi connectivity index (χ0n) is 17.1. The monoisotopic (exact) mass is 428 g/mol. The minimum absolute atomic E-state index is 0. The topological polar surface area (TPSA) is 0 Å². The normalized spacial score (nSPS) is 40.8. The fraction of sp³-hybridized carbons (Fsp3) is 0.880. The Labute approximate surface area is 188 Å². The van der Waals surface area contributed by atoms with E-state index >= 15 is 0 Å². The SMILES string of the molecule is CC1C[CH-]C(C#CC2CCC(C3CCC(CC4CC4)CC3)CC2)CC1.[Y]. The average molecular weight is 428 g/mol. The zero-order valence-corrected chi connectivity index (χ0v) is 19.9. The molecule has 0 heterocycles. The van der Waals surface area contributed by atoms with E-state index in [0.29, 0.717) is 5.92 Å². The van der Waals surface area contributed by atoms with Crippen molar-refractivity contribution in [2.24, 2.45) is 41.4 Å². The predicted octanol–water partition coefficient (Wildman–Crippen LogP) is 7.04. The van der Waals surface area contributed by atoms with Gasteiger partial charge in [-0.15, -0.1) is 17.8 Å². The summed E-state index contributed by atoms with van der Waals surface area (Å²) in [6.45, 7) is 2.38. The quantitative estimate of drug-likeness (QED) is 0.334. The van der Waals surface area contributed by atoms with E-state index in [1.165, 1.54) is 44.9 Å². The molecule has 143 valence electrons. The zero-order chi connectivity index (χ0) is 17.1. The maximum absolute atomic E-state index is 3.68. The van der Waals surface area contributed by atoms with Gasteiger partial charge in [-0.2, -0.15) is 6.42 Å². The maximum atomic E-state index is 3.68. The fourth-order valence-electron chi connectivity index (χ4n) is 5.91. The molecule has 4 saturated carbocycles. The molecule has 0 bridgehead atoms. The Morgan fingerprint density at radius 3 is 1.81 bits per heavy atom. The van der Waals surface area contributed by atoms with Gasteiger partial charge in [-0.1, -0.05) is 51.4 Å². The van der Waals surface area contributed by atoms with Gasteiger partial charge in [-0.3, -0.25) is 0 Å². The van der Waals surface area contributed by atoms with E-state index in [-0.39, 0.29) is 32.7 Å². The molecule has 0 aromatic rings. The first-order valence-corrected chi connectivity index (χ1v) is 11.6. The Kier molecular flexibility index (Phi) is 8.59. The van der Waals surface area contributed by atoms with Gasteiger partial charge in [-0.05, 0) is 68.6 Å². The van der Waals surface area contributed by atoms with E-state index < -0.39 is 0 Å². The van der Waals surface area contributed by atoms with E-state index in [2.05, 4.69) is 25.2 Å². The molecule has 4 rings (SSSR count). The Balaban J connectivity index is 0.00000196. The molecule has 0 aliphatic heterocycles. The van der Waals surface area contributed by atoms with E-state index in [1.54, 1.807) is 44.9 Å². The van der Waals surface area contributed by atoms with E-state index in [0.717, 1.165) is 35.5 Å². The molecule has 0 nitrogen and oxygen atoms in total. The maximum Gasteiger partial charge on any atom is 0.0202 e. The van der Waals surface area contributed by atoms with Gasteiger partial charge in [0.25, 0.3) is 0 Å². The van der Waals surface area contributed by atoms with Crippen LogP contribution in [-0.2, 0) is 32.7 Å². The third-order valence-corrected chi connectivity index (χ3v) is 7.96. The third kappa shape index (κ3) is 6.34. The molecule has 4 aliphatic carbocycles. The van der Waals surface area contributed by atoms with Crippen LogP contribution in [0.15, 0.2) is 0 Å². The summed E-state index contributed by atoms with van der Waals surface area (Å²) >= 11 is 0. The molecule has 26 heavy (non-hydrogen) atoms. The Morgan fingerprint density at radius 1 is 0.692 bits per heavy atom. The summed E-state index contributed by atoms with van der Waals surface area (Å²) in [6.07, 6.45) is 23.1. The van der Waals surface area contributed by atoms with Gasteiger partial charge in [0.15, 0.2) is 0 Å². The van der Waals surface area contributed by atoms with Crippen LogP contribution in [0, 0.1) is 59.7 Å². The van der Waals surface area contributed by atoms with Crippen LogP contribution in [0.1, 0.15) is 96.8 Å². The molecule has 4 aliphatic rings. The number of hydrogen-bond acceptors (Lipinski definition) is 0. The van der Waals surface area contributed by atoms with Crippen LogP contribution in [0.4, 0.5) is 0 Å². The van der Waals surface area contributed by atoms with Crippen molar-refractivity contribution >= 4 is 0 Å². The van der Waals surface area contributed by atoms with Gasteiger partial charge in [0.05, 0.1) is 0 Å². The summed E-state index contributed by atoms with van der Waals surface area (Å²) in [5, 5.41) is 0. The molecule has 0 amide bonds. The molecule has 0 N–H and O–H groups in total. The molecular formula is C25H39Y-. The van der Waals surface area contributed by atoms with Crippen LogP contribution in [0.5, 0.6) is 0 Å². The fourth-order valence-corrected chi connectivity index (χ4v) is 5.91. The molecule has 0 aromatic carbocycles. The molecular weight excluding hydrogens is 389 g/mol. The first-order valence-electron chi connectivity index (χ1n) is 11.6. The summed E-state index contributed by atoms with van der Waals surface area (Å²) in [7, 11) is 0.